The van der Waals surface area contributed by atoms with Crippen LogP contribution >= 0.6 is 0 Å². The quantitative estimate of drug-likeness (QED) is 0.762. The molecule has 0 spiro atoms. The minimum atomic E-state index is -0.124. The number of benzene rings is 1. The standard InChI is InChI=1S/C16H20O3/c1-3-13-7-9-14(10-8-13)15(12-17-2)19-16-6-4-5-11-18-16/h1,7-10,15-16H,4-6,11-12H2,2H3. The molecule has 2 unspecified atom stereocenters. The normalized spacial score (nSPS) is 20.7. The second-order valence-corrected chi connectivity index (χ2v) is 4.64. The van der Waals surface area contributed by atoms with Crippen molar-refractivity contribution in [3.63, 3.8) is 0 Å². The highest BCUT2D eigenvalue weighted by molar-refractivity contribution is 5.34. The van der Waals surface area contributed by atoms with E-state index in [0.29, 0.717) is 6.61 Å². The van der Waals surface area contributed by atoms with E-state index in [9.17, 15) is 0 Å². The largest absolute Gasteiger partial charge is 0.382 e. The van der Waals surface area contributed by atoms with Gasteiger partial charge >= 0.3 is 0 Å². The minimum Gasteiger partial charge on any atom is -0.382 e. The summed E-state index contributed by atoms with van der Waals surface area (Å²) in [6.07, 6.45) is 8.34. The zero-order valence-corrected chi connectivity index (χ0v) is 11.3. The Hall–Kier alpha value is -1.34. The van der Waals surface area contributed by atoms with E-state index in [1.165, 1.54) is 0 Å². The van der Waals surface area contributed by atoms with Crippen LogP contribution in [0.3, 0.4) is 0 Å². The number of terminal acetylenes is 1. The first-order valence-electron chi connectivity index (χ1n) is 6.66. The molecule has 3 heteroatoms. The van der Waals surface area contributed by atoms with E-state index < -0.39 is 0 Å². The molecule has 2 rings (SSSR count). The maximum absolute atomic E-state index is 5.99. The molecule has 1 heterocycles. The third kappa shape index (κ3) is 4.07. The van der Waals surface area contributed by atoms with E-state index in [4.69, 9.17) is 20.6 Å². The summed E-state index contributed by atoms with van der Waals surface area (Å²) in [5.41, 5.74) is 1.93. The lowest BCUT2D eigenvalue weighted by Crippen LogP contribution is -2.26. The fraction of sp³-hybridized carbons (Fsp3) is 0.500. The number of methoxy groups -OCH3 is 1. The van der Waals surface area contributed by atoms with Crippen LogP contribution in [0.2, 0.25) is 0 Å². The van der Waals surface area contributed by atoms with Gasteiger partial charge in [0, 0.05) is 19.3 Å². The van der Waals surface area contributed by atoms with Crippen molar-refractivity contribution in [2.45, 2.75) is 31.7 Å². The predicted octanol–water partition coefficient (Wildman–Crippen LogP) is 2.90. The molecule has 102 valence electrons. The summed E-state index contributed by atoms with van der Waals surface area (Å²) in [4.78, 5) is 0. The molecule has 0 saturated carbocycles. The fourth-order valence-corrected chi connectivity index (χ4v) is 2.16. The van der Waals surface area contributed by atoms with Crippen LogP contribution in [0.15, 0.2) is 24.3 Å². The van der Waals surface area contributed by atoms with Gasteiger partial charge in [0.2, 0.25) is 0 Å². The molecule has 1 aromatic rings. The highest BCUT2D eigenvalue weighted by atomic mass is 16.7. The van der Waals surface area contributed by atoms with Gasteiger partial charge in [0.25, 0.3) is 0 Å². The van der Waals surface area contributed by atoms with E-state index in [0.717, 1.165) is 37.0 Å². The van der Waals surface area contributed by atoms with Gasteiger partial charge in [-0.2, -0.15) is 0 Å². The van der Waals surface area contributed by atoms with E-state index in [2.05, 4.69) is 5.92 Å². The number of hydrogen-bond donors (Lipinski definition) is 0. The molecule has 0 N–H and O–H groups in total. The van der Waals surface area contributed by atoms with Gasteiger partial charge in [-0.15, -0.1) is 6.42 Å². The van der Waals surface area contributed by atoms with Crippen LogP contribution in [0.25, 0.3) is 0 Å². The molecule has 1 aliphatic heterocycles. The Morgan fingerprint density at radius 3 is 2.74 bits per heavy atom. The third-order valence-corrected chi connectivity index (χ3v) is 3.22. The molecule has 1 fully saturated rings. The van der Waals surface area contributed by atoms with E-state index in [1.54, 1.807) is 7.11 Å². The maximum Gasteiger partial charge on any atom is 0.158 e. The maximum atomic E-state index is 5.99. The Morgan fingerprint density at radius 2 is 2.16 bits per heavy atom. The minimum absolute atomic E-state index is 0.111. The summed E-state index contributed by atoms with van der Waals surface area (Å²) in [7, 11) is 1.67. The topological polar surface area (TPSA) is 27.7 Å². The summed E-state index contributed by atoms with van der Waals surface area (Å²) >= 11 is 0. The summed E-state index contributed by atoms with van der Waals surface area (Å²) in [5.74, 6) is 2.61. The van der Waals surface area contributed by atoms with Crippen LogP contribution in [0.1, 0.15) is 36.5 Å². The van der Waals surface area contributed by atoms with Crippen LogP contribution in [-0.4, -0.2) is 26.6 Å². The van der Waals surface area contributed by atoms with Gasteiger partial charge in [-0.1, -0.05) is 18.1 Å². The molecular weight excluding hydrogens is 240 g/mol. The van der Waals surface area contributed by atoms with Gasteiger partial charge in [0.15, 0.2) is 6.29 Å². The molecular formula is C16H20O3. The van der Waals surface area contributed by atoms with Gasteiger partial charge in [0.1, 0.15) is 6.10 Å². The predicted molar refractivity (Wildman–Crippen MR) is 73.7 cm³/mol. The van der Waals surface area contributed by atoms with Crippen molar-refractivity contribution >= 4 is 0 Å². The average molecular weight is 260 g/mol. The molecule has 2 atom stereocenters. The SMILES string of the molecule is C#Cc1ccc(C(COC)OC2CCCCO2)cc1. The van der Waals surface area contributed by atoms with Crippen LogP contribution in [0.5, 0.6) is 0 Å². The Balaban J connectivity index is 2.03. The molecule has 19 heavy (non-hydrogen) atoms. The molecule has 0 bridgehead atoms. The second-order valence-electron chi connectivity index (χ2n) is 4.64. The first-order chi connectivity index (χ1) is 9.33. The van der Waals surface area contributed by atoms with Crippen molar-refractivity contribution < 1.29 is 14.2 Å². The summed E-state index contributed by atoms with van der Waals surface area (Å²) < 4.78 is 16.8. The van der Waals surface area contributed by atoms with E-state index >= 15 is 0 Å². The van der Waals surface area contributed by atoms with Crippen molar-refractivity contribution in [3.8, 4) is 12.3 Å². The molecule has 0 aromatic heterocycles. The summed E-state index contributed by atoms with van der Waals surface area (Å²) in [6, 6.07) is 7.82. The first kappa shape index (κ1) is 14.1. The summed E-state index contributed by atoms with van der Waals surface area (Å²) in [5, 5.41) is 0. The lowest BCUT2D eigenvalue weighted by atomic mass is 10.1. The van der Waals surface area contributed by atoms with Crippen molar-refractivity contribution in [1.82, 2.24) is 0 Å². The molecule has 1 aliphatic rings. The van der Waals surface area contributed by atoms with Crippen molar-refractivity contribution in [1.29, 1.82) is 0 Å². The van der Waals surface area contributed by atoms with E-state index in [1.807, 2.05) is 24.3 Å². The Bertz CT molecular complexity index is 413. The Kier molecular flexibility index (Phi) is 5.41. The first-order valence-corrected chi connectivity index (χ1v) is 6.66. The molecule has 1 saturated heterocycles. The Morgan fingerprint density at radius 1 is 1.37 bits per heavy atom. The van der Waals surface area contributed by atoms with Gasteiger partial charge < -0.3 is 14.2 Å². The average Bonchev–Trinajstić information content (AvgIpc) is 2.48. The van der Waals surface area contributed by atoms with Crippen molar-refractivity contribution in [2.75, 3.05) is 20.3 Å². The number of ether oxygens (including phenoxy) is 3. The van der Waals surface area contributed by atoms with E-state index in [-0.39, 0.29) is 12.4 Å². The van der Waals surface area contributed by atoms with Crippen molar-refractivity contribution in [2.24, 2.45) is 0 Å². The molecule has 0 aliphatic carbocycles. The third-order valence-electron chi connectivity index (χ3n) is 3.22. The van der Waals surface area contributed by atoms with Gasteiger partial charge in [-0.3, -0.25) is 0 Å². The number of hydrogen-bond acceptors (Lipinski definition) is 3. The van der Waals surface area contributed by atoms with Crippen LogP contribution in [0, 0.1) is 12.3 Å². The highest BCUT2D eigenvalue weighted by Gasteiger charge is 2.21. The molecule has 3 nitrogen and oxygen atoms in total. The fourth-order valence-electron chi connectivity index (χ4n) is 2.16. The van der Waals surface area contributed by atoms with Crippen LogP contribution in [0.4, 0.5) is 0 Å². The molecule has 1 aromatic carbocycles. The summed E-state index contributed by atoms with van der Waals surface area (Å²) in [6.45, 7) is 1.29. The van der Waals surface area contributed by atoms with Crippen LogP contribution in [-0.2, 0) is 14.2 Å². The van der Waals surface area contributed by atoms with Crippen LogP contribution < -0.4 is 0 Å². The van der Waals surface area contributed by atoms with Crippen molar-refractivity contribution in [3.05, 3.63) is 35.4 Å². The molecule has 0 radical (unpaired) electrons. The second kappa shape index (κ2) is 7.30. The monoisotopic (exact) mass is 260 g/mol. The Labute approximate surface area is 114 Å². The number of rotatable bonds is 5. The smallest absolute Gasteiger partial charge is 0.158 e. The zero-order valence-electron chi connectivity index (χ0n) is 11.3. The molecule has 0 amide bonds. The lowest BCUT2D eigenvalue weighted by molar-refractivity contribution is -0.198. The lowest BCUT2D eigenvalue weighted by Gasteiger charge is -2.27. The van der Waals surface area contributed by atoms with Gasteiger partial charge in [-0.25, -0.2) is 0 Å². The highest BCUT2D eigenvalue weighted by Crippen LogP contribution is 2.24. The van der Waals surface area contributed by atoms with Gasteiger partial charge in [-0.05, 0) is 37.0 Å². The van der Waals surface area contributed by atoms with Gasteiger partial charge in [0.05, 0.1) is 6.61 Å². The zero-order chi connectivity index (χ0) is 13.5.